The van der Waals surface area contributed by atoms with E-state index in [9.17, 15) is 14.7 Å². The molecule has 16 heavy (non-hydrogen) atoms. The normalized spacial score (nSPS) is 28.4. The third-order valence-corrected chi connectivity index (χ3v) is 3.63. The molecule has 4 nitrogen and oxygen atoms in total. The Labute approximate surface area is 96.6 Å². The van der Waals surface area contributed by atoms with Crippen LogP contribution < -0.4 is 0 Å². The lowest BCUT2D eigenvalue weighted by molar-refractivity contribution is -0.160. The Kier molecular flexibility index (Phi) is 3.61. The maximum atomic E-state index is 11.5. The summed E-state index contributed by atoms with van der Waals surface area (Å²) in [5.41, 5.74) is -0.995. The summed E-state index contributed by atoms with van der Waals surface area (Å²) in [7, 11) is 0. The molecule has 0 spiro atoms. The van der Waals surface area contributed by atoms with Gasteiger partial charge in [-0.3, -0.25) is 4.79 Å². The van der Waals surface area contributed by atoms with Crippen LogP contribution in [0.3, 0.4) is 0 Å². The summed E-state index contributed by atoms with van der Waals surface area (Å²) < 4.78 is 0. The number of hydrogen-bond acceptors (Lipinski definition) is 2. The van der Waals surface area contributed by atoms with Crippen molar-refractivity contribution >= 4 is 12.4 Å². The Hall–Kier alpha value is -1.06. The Balaban J connectivity index is 3.05. The molecule has 1 saturated carbocycles. The molecule has 0 radical (unpaired) electrons. The largest absolute Gasteiger partial charge is 0.479 e. The predicted octanol–water partition coefficient (Wildman–Crippen LogP) is 1.89. The molecular weight excluding hydrogens is 206 g/mol. The smallest absolute Gasteiger partial charge is 0.329 e. The van der Waals surface area contributed by atoms with Crippen molar-refractivity contribution in [2.75, 3.05) is 6.54 Å². The van der Waals surface area contributed by atoms with Crippen molar-refractivity contribution in [3.63, 3.8) is 0 Å². The molecule has 1 aliphatic rings. The monoisotopic (exact) mass is 227 g/mol. The highest BCUT2D eigenvalue weighted by Gasteiger charge is 2.49. The third kappa shape index (κ3) is 2.20. The number of carbonyl (C=O) groups is 2. The fraction of sp³-hybridized carbons (Fsp3) is 0.833. The van der Waals surface area contributed by atoms with Crippen molar-refractivity contribution in [3.8, 4) is 0 Å². The zero-order valence-corrected chi connectivity index (χ0v) is 10.3. The second kappa shape index (κ2) is 4.44. The fourth-order valence-corrected chi connectivity index (χ4v) is 2.86. The Morgan fingerprint density at radius 2 is 2.06 bits per heavy atom. The van der Waals surface area contributed by atoms with Crippen molar-refractivity contribution in [1.82, 2.24) is 4.90 Å². The molecule has 1 fully saturated rings. The second-order valence-corrected chi connectivity index (χ2v) is 5.42. The van der Waals surface area contributed by atoms with Crippen LogP contribution in [0.2, 0.25) is 0 Å². The molecule has 0 saturated heterocycles. The van der Waals surface area contributed by atoms with Gasteiger partial charge in [0, 0.05) is 6.54 Å². The van der Waals surface area contributed by atoms with Gasteiger partial charge in [0.25, 0.3) is 0 Å². The Bertz CT molecular complexity index is 288. The van der Waals surface area contributed by atoms with Gasteiger partial charge in [-0.1, -0.05) is 13.8 Å². The number of likely N-dealkylation sites (N-methyl/N-ethyl adjacent to an activating group) is 1. The molecule has 92 valence electrons. The van der Waals surface area contributed by atoms with E-state index in [0.717, 1.165) is 12.8 Å². The van der Waals surface area contributed by atoms with E-state index in [-0.39, 0.29) is 5.41 Å². The van der Waals surface area contributed by atoms with E-state index < -0.39 is 11.5 Å². The molecule has 0 heterocycles. The molecule has 0 aliphatic heterocycles. The summed E-state index contributed by atoms with van der Waals surface area (Å²) in [5.74, 6) is -0.866. The molecule has 1 aliphatic carbocycles. The van der Waals surface area contributed by atoms with Gasteiger partial charge in [-0.2, -0.15) is 0 Å². The van der Waals surface area contributed by atoms with Crippen LogP contribution in [0.25, 0.3) is 0 Å². The maximum absolute atomic E-state index is 11.5. The first-order valence-corrected chi connectivity index (χ1v) is 5.83. The average molecular weight is 227 g/mol. The Morgan fingerprint density at radius 3 is 2.44 bits per heavy atom. The van der Waals surface area contributed by atoms with E-state index in [1.807, 2.05) is 6.92 Å². The van der Waals surface area contributed by atoms with Crippen LogP contribution in [0, 0.1) is 5.41 Å². The van der Waals surface area contributed by atoms with Gasteiger partial charge < -0.3 is 10.0 Å². The van der Waals surface area contributed by atoms with Crippen LogP contribution in [0.5, 0.6) is 0 Å². The molecule has 0 bridgehead atoms. The molecule has 1 N–H and O–H groups in total. The first kappa shape index (κ1) is 13.0. The molecule has 1 amide bonds. The molecule has 0 aromatic heterocycles. The molecule has 1 rings (SSSR count). The van der Waals surface area contributed by atoms with E-state index >= 15 is 0 Å². The zero-order valence-electron chi connectivity index (χ0n) is 10.3. The van der Waals surface area contributed by atoms with Crippen LogP contribution >= 0.6 is 0 Å². The molecule has 1 atom stereocenters. The number of carboxylic acids is 1. The fourth-order valence-electron chi connectivity index (χ4n) is 2.86. The van der Waals surface area contributed by atoms with Crippen molar-refractivity contribution in [3.05, 3.63) is 0 Å². The van der Waals surface area contributed by atoms with Crippen LogP contribution in [0.1, 0.15) is 46.5 Å². The first-order chi connectivity index (χ1) is 7.38. The number of hydrogen-bond donors (Lipinski definition) is 1. The number of nitrogens with zero attached hydrogens (tertiary/aromatic N) is 1. The van der Waals surface area contributed by atoms with Crippen molar-refractivity contribution in [2.45, 2.75) is 52.0 Å². The van der Waals surface area contributed by atoms with Gasteiger partial charge in [0.15, 0.2) is 0 Å². The van der Waals surface area contributed by atoms with Crippen LogP contribution in [0.15, 0.2) is 0 Å². The summed E-state index contributed by atoms with van der Waals surface area (Å²) in [6, 6.07) is 0. The van der Waals surface area contributed by atoms with Gasteiger partial charge in [-0.05, 0) is 38.0 Å². The van der Waals surface area contributed by atoms with Crippen molar-refractivity contribution in [1.29, 1.82) is 0 Å². The average Bonchev–Trinajstić information content (AvgIpc) is 2.17. The Morgan fingerprint density at radius 1 is 1.44 bits per heavy atom. The van der Waals surface area contributed by atoms with E-state index in [0.29, 0.717) is 25.8 Å². The van der Waals surface area contributed by atoms with Gasteiger partial charge >= 0.3 is 5.97 Å². The first-order valence-electron chi connectivity index (χ1n) is 5.83. The quantitative estimate of drug-likeness (QED) is 0.746. The number of rotatable bonds is 4. The van der Waals surface area contributed by atoms with Gasteiger partial charge in [0.05, 0.1) is 0 Å². The summed E-state index contributed by atoms with van der Waals surface area (Å²) in [6.07, 6.45) is 3.68. The van der Waals surface area contributed by atoms with Gasteiger partial charge in [0.2, 0.25) is 6.41 Å². The second-order valence-electron chi connectivity index (χ2n) is 5.42. The highest BCUT2D eigenvalue weighted by atomic mass is 16.4. The highest BCUT2D eigenvalue weighted by molar-refractivity contribution is 5.81. The van der Waals surface area contributed by atoms with Crippen LogP contribution in [-0.2, 0) is 9.59 Å². The third-order valence-electron chi connectivity index (χ3n) is 3.63. The lowest BCUT2D eigenvalue weighted by Crippen LogP contribution is -2.57. The van der Waals surface area contributed by atoms with Crippen molar-refractivity contribution in [2.24, 2.45) is 5.41 Å². The number of carboxylic acid groups (broad SMARTS) is 1. The predicted molar refractivity (Wildman–Crippen MR) is 61.1 cm³/mol. The zero-order chi connectivity index (χ0) is 12.4. The highest BCUT2D eigenvalue weighted by Crippen LogP contribution is 2.43. The minimum atomic E-state index is -0.988. The summed E-state index contributed by atoms with van der Waals surface area (Å²) in [6.45, 7) is 6.41. The van der Waals surface area contributed by atoms with Gasteiger partial charge in [-0.15, -0.1) is 0 Å². The van der Waals surface area contributed by atoms with E-state index in [2.05, 4.69) is 13.8 Å². The maximum Gasteiger partial charge on any atom is 0.329 e. The van der Waals surface area contributed by atoms with Crippen LogP contribution in [-0.4, -0.2) is 34.5 Å². The molecule has 0 aromatic rings. The molecule has 4 heteroatoms. The SMILES string of the molecule is CCN(C=O)C1(C(=O)O)CCCC(C)(C)C1. The number of carbonyl (C=O) groups excluding carboxylic acids is 1. The molecule has 0 aromatic carbocycles. The standard InChI is InChI=1S/C12H21NO3/c1-4-13(9-14)12(10(15)16)7-5-6-11(2,3)8-12/h9H,4-8H2,1-3H3,(H,15,16). The molecular formula is C12H21NO3. The summed E-state index contributed by atoms with van der Waals surface area (Å²) in [5, 5.41) is 9.45. The lowest BCUT2D eigenvalue weighted by atomic mass is 9.67. The summed E-state index contributed by atoms with van der Waals surface area (Å²) in [4.78, 5) is 24.0. The van der Waals surface area contributed by atoms with E-state index in [4.69, 9.17) is 0 Å². The summed E-state index contributed by atoms with van der Waals surface area (Å²) >= 11 is 0. The topological polar surface area (TPSA) is 57.6 Å². The molecule has 1 unspecified atom stereocenters. The minimum absolute atomic E-state index is 0.00687. The minimum Gasteiger partial charge on any atom is -0.479 e. The van der Waals surface area contributed by atoms with Crippen molar-refractivity contribution < 1.29 is 14.7 Å². The van der Waals surface area contributed by atoms with Gasteiger partial charge in [0.1, 0.15) is 5.54 Å². The van der Waals surface area contributed by atoms with Crippen LogP contribution in [0.4, 0.5) is 0 Å². The lowest BCUT2D eigenvalue weighted by Gasteiger charge is -2.46. The van der Waals surface area contributed by atoms with Gasteiger partial charge in [-0.25, -0.2) is 4.79 Å². The van der Waals surface area contributed by atoms with E-state index in [1.54, 1.807) is 0 Å². The number of amides is 1. The van der Waals surface area contributed by atoms with E-state index in [1.165, 1.54) is 4.90 Å². The number of aliphatic carboxylic acids is 1.